The fraction of sp³-hybridized carbons (Fsp3) is 0.333. The molecule has 0 aliphatic carbocycles. The summed E-state index contributed by atoms with van der Waals surface area (Å²) in [4.78, 5) is 31.8. The number of amides is 2. The number of aryl methyl sites for hydroxylation is 2. The highest BCUT2D eigenvalue weighted by atomic mass is 35.5. The zero-order valence-electron chi connectivity index (χ0n) is 24.1. The lowest BCUT2D eigenvalue weighted by Gasteiger charge is -2.27. The lowest BCUT2D eigenvalue weighted by Crippen LogP contribution is -2.46. The molecule has 0 unspecified atom stereocenters. The maximum Gasteiger partial charge on any atom is 0.291 e. The van der Waals surface area contributed by atoms with E-state index in [1.165, 1.54) is 29.0 Å². The molecule has 10 nitrogen and oxygen atoms in total. The van der Waals surface area contributed by atoms with E-state index in [4.69, 9.17) is 16.3 Å². The van der Waals surface area contributed by atoms with Gasteiger partial charge in [-0.2, -0.15) is 5.10 Å². The van der Waals surface area contributed by atoms with Gasteiger partial charge >= 0.3 is 0 Å². The van der Waals surface area contributed by atoms with Crippen molar-refractivity contribution in [2.24, 2.45) is 7.05 Å². The Morgan fingerprint density at radius 2 is 1.81 bits per heavy atom. The molecular weight excluding hydrogens is 580 g/mol. The number of methoxy groups -OCH3 is 1. The summed E-state index contributed by atoms with van der Waals surface area (Å²) in [5.74, 6) is -2.86. The van der Waals surface area contributed by atoms with Gasteiger partial charge in [0, 0.05) is 82.1 Å². The quantitative estimate of drug-likeness (QED) is 0.270. The number of benzene rings is 2. The Hall–Kier alpha value is -4.13. The molecule has 1 aliphatic heterocycles. The van der Waals surface area contributed by atoms with Crippen LogP contribution in [0.4, 0.5) is 14.5 Å². The molecule has 3 heterocycles. The van der Waals surface area contributed by atoms with E-state index in [-0.39, 0.29) is 33.6 Å². The van der Waals surface area contributed by atoms with Gasteiger partial charge in [-0.05, 0) is 37.6 Å². The minimum atomic E-state index is -1.06. The van der Waals surface area contributed by atoms with Gasteiger partial charge in [-0.3, -0.25) is 14.3 Å². The average Bonchev–Trinajstić information content (AvgIpc) is 3.56. The average molecular weight is 612 g/mol. The minimum Gasteiger partial charge on any atom is -0.385 e. The third kappa shape index (κ3) is 6.31. The number of nitrogens with one attached hydrogen (secondary N) is 2. The Morgan fingerprint density at radius 3 is 2.53 bits per heavy atom. The van der Waals surface area contributed by atoms with E-state index < -0.39 is 17.5 Å². The predicted octanol–water partition coefficient (Wildman–Crippen LogP) is 4.52. The number of hydrogen-bond acceptors (Lipinski definition) is 6. The number of piperazine rings is 1. The molecule has 226 valence electrons. The number of aromatic nitrogens is 4. The smallest absolute Gasteiger partial charge is 0.291 e. The molecule has 2 N–H and O–H groups in total. The van der Waals surface area contributed by atoms with E-state index in [0.29, 0.717) is 61.8 Å². The van der Waals surface area contributed by atoms with Gasteiger partial charge in [0.2, 0.25) is 0 Å². The van der Waals surface area contributed by atoms with Gasteiger partial charge in [-0.1, -0.05) is 17.7 Å². The molecule has 43 heavy (non-hydrogen) atoms. The topological polar surface area (TPSA) is 106 Å². The maximum atomic E-state index is 15.4. The monoisotopic (exact) mass is 611 g/mol. The Kier molecular flexibility index (Phi) is 9.19. The van der Waals surface area contributed by atoms with E-state index in [1.54, 1.807) is 49.0 Å². The number of nitrogens with zero attached hydrogens (tertiary/aromatic N) is 5. The molecule has 1 aliphatic rings. The van der Waals surface area contributed by atoms with Crippen molar-refractivity contribution in [1.29, 1.82) is 0 Å². The summed E-state index contributed by atoms with van der Waals surface area (Å²) in [7, 11) is 3.16. The Labute approximate surface area is 252 Å². The number of carbonyl (C=O) groups is 2. The van der Waals surface area contributed by atoms with Crippen molar-refractivity contribution < 1.29 is 23.1 Å². The molecule has 0 radical (unpaired) electrons. The van der Waals surface area contributed by atoms with Gasteiger partial charge in [0.05, 0.1) is 28.2 Å². The molecule has 0 bridgehead atoms. The van der Waals surface area contributed by atoms with Gasteiger partial charge in [0.1, 0.15) is 0 Å². The van der Waals surface area contributed by atoms with Crippen molar-refractivity contribution in [2.75, 3.05) is 45.2 Å². The van der Waals surface area contributed by atoms with Crippen LogP contribution in [0.2, 0.25) is 5.02 Å². The third-order valence-electron chi connectivity index (χ3n) is 7.38. The van der Waals surface area contributed by atoms with Crippen LogP contribution >= 0.6 is 11.6 Å². The fourth-order valence-electron chi connectivity index (χ4n) is 5.09. The van der Waals surface area contributed by atoms with E-state index in [1.807, 2.05) is 0 Å². The van der Waals surface area contributed by atoms with Crippen molar-refractivity contribution >= 4 is 29.1 Å². The van der Waals surface area contributed by atoms with Crippen molar-refractivity contribution in [1.82, 2.24) is 29.5 Å². The van der Waals surface area contributed by atoms with Crippen LogP contribution in [-0.4, -0.2) is 75.9 Å². The van der Waals surface area contributed by atoms with Crippen molar-refractivity contribution in [3.63, 3.8) is 0 Å². The highest BCUT2D eigenvalue weighted by Gasteiger charge is 2.24. The highest BCUT2D eigenvalue weighted by molar-refractivity contribution is 6.34. The Bertz CT molecular complexity index is 1660. The molecular formula is C30H32ClF2N7O3. The molecule has 5 rings (SSSR count). The van der Waals surface area contributed by atoms with Crippen LogP contribution in [0.25, 0.3) is 22.4 Å². The maximum absolute atomic E-state index is 15.4. The summed E-state index contributed by atoms with van der Waals surface area (Å²) in [6, 6.07) is 7.60. The third-order valence-corrected chi connectivity index (χ3v) is 7.70. The molecule has 1 saturated heterocycles. The van der Waals surface area contributed by atoms with Crippen LogP contribution in [0.15, 0.2) is 42.7 Å². The summed E-state index contributed by atoms with van der Waals surface area (Å²) in [5, 5.41) is 10.5. The first kappa shape index (κ1) is 30.3. The summed E-state index contributed by atoms with van der Waals surface area (Å²) in [5.41, 5.74) is 2.03. The molecule has 0 spiro atoms. The highest BCUT2D eigenvalue weighted by Crippen LogP contribution is 2.33. The van der Waals surface area contributed by atoms with Crippen LogP contribution in [-0.2, 0) is 18.3 Å². The second-order valence-electron chi connectivity index (χ2n) is 10.2. The summed E-state index contributed by atoms with van der Waals surface area (Å²) in [6.07, 6.45) is 3.74. The first-order chi connectivity index (χ1) is 20.7. The largest absolute Gasteiger partial charge is 0.385 e. The zero-order chi connectivity index (χ0) is 30.7. The van der Waals surface area contributed by atoms with Crippen LogP contribution in [0.5, 0.6) is 0 Å². The van der Waals surface area contributed by atoms with Crippen molar-refractivity contribution in [2.45, 2.75) is 19.9 Å². The van der Waals surface area contributed by atoms with E-state index >= 15 is 8.78 Å². The number of anilines is 1. The van der Waals surface area contributed by atoms with E-state index in [0.717, 1.165) is 6.42 Å². The molecule has 4 aromatic rings. The molecule has 0 atom stereocenters. The number of imidazole rings is 1. The van der Waals surface area contributed by atoms with Crippen LogP contribution in [0.3, 0.4) is 0 Å². The van der Waals surface area contributed by atoms with Crippen molar-refractivity contribution in [3.8, 4) is 22.4 Å². The van der Waals surface area contributed by atoms with Gasteiger partial charge in [0.25, 0.3) is 11.8 Å². The summed E-state index contributed by atoms with van der Waals surface area (Å²) < 4.78 is 38.9. The SMILES string of the molecule is COCCCn1cc(-c2ccc(-c3cnc(C(=O)Nc4ccc(C(=O)N5CCNCC5)c(Cl)c4)n3C)c(F)c2F)c(C)n1. The number of hydrogen-bond donors (Lipinski definition) is 2. The number of ether oxygens (including phenoxy) is 1. The van der Waals surface area contributed by atoms with Gasteiger partial charge in [-0.15, -0.1) is 0 Å². The number of halogens is 3. The second kappa shape index (κ2) is 13.0. The van der Waals surface area contributed by atoms with Crippen LogP contribution in [0, 0.1) is 18.6 Å². The normalized spacial score (nSPS) is 13.4. The zero-order valence-corrected chi connectivity index (χ0v) is 24.8. The van der Waals surface area contributed by atoms with Crippen LogP contribution in [0.1, 0.15) is 33.1 Å². The molecule has 13 heteroatoms. The van der Waals surface area contributed by atoms with Gasteiger partial charge in [0.15, 0.2) is 17.5 Å². The summed E-state index contributed by atoms with van der Waals surface area (Å²) >= 11 is 6.39. The molecule has 0 saturated carbocycles. The van der Waals surface area contributed by atoms with Crippen molar-refractivity contribution in [3.05, 3.63) is 76.5 Å². The minimum absolute atomic E-state index is 0.0239. The van der Waals surface area contributed by atoms with E-state index in [9.17, 15) is 9.59 Å². The lowest BCUT2D eigenvalue weighted by molar-refractivity contribution is 0.0736. The van der Waals surface area contributed by atoms with E-state index in [2.05, 4.69) is 20.7 Å². The Balaban J connectivity index is 1.33. The second-order valence-corrected chi connectivity index (χ2v) is 10.7. The first-order valence-electron chi connectivity index (χ1n) is 13.8. The first-order valence-corrected chi connectivity index (χ1v) is 14.2. The van der Waals surface area contributed by atoms with Crippen LogP contribution < -0.4 is 10.6 Å². The molecule has 2 aromatic heterocycles. The Morgan fingerprint density at radius 1 is 1.09 bits per heavy atom. The van der Waals surface area contributed by atoms with Gasteiger partial charge < -0.3 is 24.8 Å². The summed E-state index contributed by atoms with van der Waals surface area (Å²) in [6.45, 7) is 5.49. The van der Waals surface area contributed by atoms with Gasteiger partial charge in [-0.25, -0.2) is 13.8 Å². The predicted molar refractivity (Wildman–Crippen MR) is 159 cm³/mol. The molecule has 2 aromatic carbocycles. The fourth-order valence-corrected chi connectivity index (χ4v) is 5.35. The lowest BCUT2D eigenvalue weighted by atomic mass is 10.0. The molecule has 1 fully saturated rings. The standard InChI is InChI=1S/C30H32ClF2N7O3/c1-18-23(17-40(37-18)11-4-14-43-3)20-7-8-22(27(33)26(20)32)25-16-35-28(38(25)2)29(41)36-19-5-6-21(24(31)15-19)30(42)39-12-9-34-10-13-39/h5-8,15-17,34H,4,9-14H2,1-3H3,(H,36,41). The number of rotatable bonds is 9. The number of carbonyl (C=O) groups excluding carboxylic acids is 2. The molecule has 2 amide bonds.